The quantitative estimate of drug-likeness (QED) is 0.494. The predicted molar refractivity (Wildman–Crippen MR) is 114 cm³/mol. The number of aromatic nitrogens is 3. The molecule has 0 aliphatic heterocycles. The van der Waals surface area contributed by atoms with E-state index in [1.54, 1.807) is 6.07 Å². The molecule has 3 aromatic rings. The minimum Gasteiger partial charge on any atom is -0.325 e. The number of carbonyl (C=O) groups excluding carboxylic acids is 1. The predicted octanol–water partition coefficient (Wildman–Crippen LogP) is 5.42. The molecule has 0 aliphatic carbocycles. The Morgan fingerprint density at radius 2 is 2.04 bits per heavy atom. The number of nitrogens with one attached hydrogen (secondary N) is 1. The molecule has 1 aromatic heterocycles. The molecule has 0 radical (unpaired) electrons. The number of rotatable bonds is 6. The molecule has 0 saturated carbocycles. The molecule has 8 heteroatoms. The molecular formula is C19H18BrClN4OS. The molecule has 0 aliphatic rings. The van der Waals surface area contributed by atoms with Gasteiger partial charge in [0.15, 0.2) is 11.0 Å². The highest BCUT2D eigenvalue weighted by Gasteiger charge is 2.16. The van der Waals surface area contributed by atoms with Crippen molar-refractivity contribution in [2.24, 2.45) is 0 Å². The number of amides is 1. The third-order valence-corrected chi connectivity index (χ3v) is 6.00. The zero-order valence-corrected chi connectivity index (χ0v) is 18.0. The van der Waals surface area contributed by atoms with Crippen molar-refractivity contribution in [2.45, 2.75) is 25.5 Å². The standard InChI is InChI=1S/C19H18BrClN4OS/c1-3-25-18(14-6-4-5-7-15(14)20)23-24-19(25)27-11-17(26)22-13-9-8-12(2)16(21)10-13/h4-10H,3,11H2,1-2H3,(H,22,26). The Morgan fingerprint density at radius 3 is 2.74 bits per heavy atom. The fourth-order valence-corrected chi connectivity index (χ4v) is 3.97. The van der Waals surface area contributed by atoms with Crippen molar-refractivity contribution in [1.29, 1.82) is 0 Å². The molecule has 0 atom stereocenters. The Labute approximate surface area is 175 Å². The monoisotopic (exact) mass is 464 g/mol. The van der Waals surface area contributed by atoms with Crippen LogP contribution in [0.3, 0.4) is 0 Å². The van der Waals surface area contributed by atoms with Gasteiger partial charge in [0, 0.05) is 27.3 Å². The van der Waals surface area contributed by atoms with Crippen LogP contribution >= 0.6 is 39.3 Å². The molecule has 1 amide bonds. The Hall–Kier alpha value is -1.83. The number of anilines is 1. The van der Waals surface area contributed by atoms with Gasteiger partial charge in [-0.1, -0.05) is 63.6 Å². The molecule has 5 nitrogen and oxygen atoms in total. The van der Waals surface area contributed by atoms with Crippen LogP contribution < -0.4 is 5.32 Å². The van der Waals surface area contributed by atoms with Crippen LogP contribution in [0.4, 0.5) is 5.69 Å². The van der Waals surface area contributed by atoms with Gasteiger partial charge in [-0.25, -0.2) is 0 Å². The van der Waals surface area contributed by atoms with Crippen molar-refractivity contribution in [3.63, 3.8) is 0 Å². The molecule has 0 saturated heterocycles. The minimum absolute atomic E-state index is 0.118. The Kier molecular flexibility index (Phi) is 6.57. The zero-order chi connectivity index (χ0) is 19.4. The number of thioether (sulfide) groups is 1. The summed E-state index contributed by atoms with van der Waals surface area (Å²) in [4.78, 5) is 12.3. The van der Waals surface area contributed by atoms with Crippen LogP contribution in [0, 0.1) is 6.92 Å². The largest absolute Gasteiger partial charge is 0.325 e. The van der Waals surface area contributed by atoms with Gasteiger partial charge in [-0.15, -0.1) is 10.2 Å². The van der Waals surface area contributed by atoms with Crippen molar-refractivity contribution in [1.82, 2.24) is 14.8 Å². The van der Waals surface area contributed by atoms with Crippen molar-refractivity contribution in [2.75, 3.05) is 11.1 Å². The second-order valence-electron chi connectivity index (χ2n) is 5.83. The van der Waals surface area contributed by atoms with E-state index in [1.807, 2.05) is 54.8 Å². The number of carbonyl (C=O) groups is 1. The van der Waals surface area contributed by atoms with Gasteiger partial charge in [0.1, 0.15) is 0 Å². The summed E-state index contributed by atoms with van der Waals surface area (Å²) < 4.78 is 2.96. The summed E-state index contributed by atoms with van der Waals surface area (Å²) in [6.07, 6.45) is 0. The number of benzene rings is 2. The highest BCUT2D eigenvalue weighted by molar-refractivity contribution is 9.10. The molecule has 2 aromatic carbocycles. The molecule has 0 unspecified atom stereocenters. The molecular weight excluding hydrogens is 448 g/mol. The Balaban J connectivity index is 1.70. The number of aryl methyl sites for hydroxylation is 1. The van der Waals surface area contributed by atoms with Crippen LogP contribution in [0.5, 0.6) is 0 Å². The van der Waals surface area contributed by atoms with Gasteiger partial charge >= 0.3 is 0 Å². The van der Waals surface area contributed by atoms with Gasteiger partial charge in [0.2, 0.25) is 5.91 Å². The molecule has 27 heavy (non-hydrogen) atoms. The maximum Gasteiger partial charge on any atom is 0.234 e. The van der Waals surface area contributed by atoms with E-state index in [9.17, 15) is 4.79 Å². The average Bonchev–Trinajstić information content (AvgIpc) is 3.06. The van der Waals surface area contributed by atoms with Crippen LogP contribution in [-0.2, 0) is 11.3 Å². The number of nitrogens with zero attached hydrogens (tertiary/aromatic N) is 3. The van der Waals surface area contributed by atoms with E-state index in [4.69, 9.17) is 11.6 Å². The summed E-state index contributed by atoms with van der Waals surface area (Å²) in [7, 11) is 0. The van der Waals surface area contributed by atoms with Crippen LogP contribution in [0.1, 0.15) is 12.5 Å². The molecule has 3 rings (SSSR count). The van der Waals surface area contributed by atoms with Crippen LogP contribution in [0.25, 0.3) is 11.4 Å². The summed E-state index contributed by atoms with van der Waals surface area (Å²) in [5, 5.41) is 12.8. The van der Waals surface area contributed by atoms with Crippen molar-refractivity contribution in [3.8, 4) is 11.4 Å². The number of hydrogen-bond acceptors (Lipinski definition) is 4. The first-order valence-electron chi connectivity index (χ1n) is 8.36. The molecule has 140 valence electrons. The highest BCUT2D eigenvalue weighted by atomic mass is 79.9. The maximum atomic E-state index is 12.3. The lowest BCUT2D eigenvalue weighted by Gasteiger charge is -2.09. The zero-order valence-electron chi connectivity index (χ0n) is 14.9. The van der Waals surface area contributed by atoms with E-state index in [2.05, 4.69) is 31.4 Å². The van der Waals surface area contributed by atoms with Crippen molar-refractivity contribution < 1.29 is 4.79 Å². The second-order valence-corrected chi connectivity index (χ2v) is 8.04. The van der Waals surface area contributed by atoms with Crippen molar-refractivity contribution in [3.05, 3.63) is 57.5 Å². The summed E-state index contributed by atoms with van der Waals surface area (Å²) >= 11 is 11.0. The first-order valence-corrected chi connectivity index (χ1v) is 10.5. The van der Waals surface area contributed by atoms with Gasteiger partial charge in [0.25, 0.3) is 0 Å². The normalized spacial score (nSPS) is 10.8. The second kappa shape index (κ2) is 8.91. The van der Waals surface area contributed by atoms with Gasteiger partial charge in [-0.3, -0.25) is 4.79 Å². The SMILES string of the molecule is CCn1c(SCC(=O)Nc2ccc(C)c(Cl)c2)nnc1-c1ccccc1Br. The third kappa shape index (κ3) is 4.72. The Morgan fingerprint density at radius 1 is 1.26 bits per heavy atom. The maximum absolute atomic E-state index is 12.3. The summed E-state index contributed by atoms with van der Waals surface area (Å²) in [5.74, 6) is 0.894. The fourth-order valence-electron chi connectivity index (χ4n) is 2.52. The van der Waals surface area contributed by atoms with Crippen LogP contribution in [0.15, 0.2) is 52.1 Å². The lowest BCUT2D eigenvalue weighted by Crippen LogP contribution is -2.14. The van der Waals surface area contributed by atoms with Crippen LogP contribution in [0.2, 0.25) is 5.02 Å². The van der Waals surface area contributed by atoms with Gasteiger partial charge in [-0.2, -0.15) is 0 Å². The van der Waals surface area contributed by atoms with Gasteiger partial charge < -0.3 is 9.88 Å². The minimum atomic E-state index is -0.118. The molecule has 0 spiro atoms. The van der Waals surface area contributed by atoms with E-state index in [0.717, 1.165) is 21.4 Å². The average molecular weight is 466 g/mol. The smallest absolute Gasteiger partial charge is 0.234 e. The number of hydrogen-bond donors (Lipinski definition) is 1. The lowest BCUT2D eigenvalue weighted by atomic mass is 10.2. The van der Waals surface area contributed by atoms with Gasteiger partial charge in [-0.05, 0) is 37.6 Å². The van der Waals surface area contributed by atoms with E-state index < -0.39 is 0 Å². The molecule has 1 N–H and O–H groups in total. The highest BCUT2D eigenvalue weighted by Crippen LogP contribution is 2.29. The van der Waals surface area contributed by atoms with E-state index in [1.165, 1.54) is 11.8 Å². The molecule has 0 bridgehead atoms. The van der Waals surface area contributed by atoms with Gasteiger partial charge in [0.05, 0.1) is 5.75 Å². The lowest BCUT2D eigenvalue weighted by molar-refractivity contribution is -0.113. The van der Waals surface area contributed by atoms with E-state index in [0.29, 0.717) is 22.4 Å². The molecule has 0 fully saturated rings. The summed E-state index contributed by atoms with van der Waals surface area (Å²) in [6, 6.07) is 13.3. The summed E-state index contributed by atoms with van der Waals surface area (Å²) in [5.41, 5.74) is 2.62. The topological polar surface area (TPSA) is 59.8 Å². The fraction of sp³-hybridized carbons (Fsp3) is 0.211. The van der Waals surface area contributed by atoms with E-state index >= 15 is 0 Å². The summed E-state index contributed by atoms with van der Waals surface area (Å²) in [6.45, 7) is 4.66. The van der Waals surface area contributed by atoms with Crippen molar-refractivity contribution >= 4 is 50.9 Å². The van der Waals surface area contributed by atoms with Crippen LogP contribution in [-0.4, -0.2) is 26.4 Å². The van der Waals surface area contributed by atoms with E-state index in [-0.39, 0.29) is 11.7 Å². The first kappa shape index (κ1) is 19.9. The number of halogens is 2. The third-order valence-electron chi connectivity index (χ3n) is 3.94. The molecule has 1 heterocycles. The Bertz CT molecular complexity index is 976. The first-order chi connectivity index (χ1) is 13.0.